The largest absolute Gasteiger partial charge is 0.498 e. The predicted molar refractivity (Wildman–Crippen MR) is 85.6 cm³/mol. The second kappa shape index (κ2) is 8.55. The Bertz CT molecular complexity index is 747. The van der Waals surface area contributed by atoms with Gasteiger partial charge in [0.05, 0.1) is 6.21 Å². The van der Waals surface area contributed by atoms with E-state index >= 15 is 0 Å². The Morgan fingerprint density at radius 1 is 0.893 bits per heavy atom. The minimum absolute atomic E-state index is 0.0289. The summed E-state index contributed by atoms with van der Waals surface area (Å²) >= 11 is 0. The standard InChI is InChI=1S/C13H18F6N2O5S2/c14-12(15,16)27(23,24)11(28(25,26)13(17,18)19)8-5-3-1-2-4-6-9(8)21-10(22)7-20/h7-9,11,20H,1-6H2,(H,21,22). The first-order chi connectivity index (χ1) is 12.6. The first kappa shape index (κ1) is 24.7. The molecular formula is C13H18F6N2O5S2. The fourth-order valence-corrected chi connectivity index (χ4v) is 7.22. The predicted octanol–water partition coefficient (Wildman–Crippen LogP) is 2.29. The fourth-order valence-electron chi connectivity index (χ4n) is 3.13. The zero-order valence-electron chi connectivity index (χ0n) is 14.2. The molecule has 0 saturated heterocycles. The molecule has 0 radical (unpaired) electrons. The molecule has 0 spiro atoms. The Kier molecular flexibility index (Phi) is 7.53. The van der Waals surface area contributed by atoms with Crippen LogP contribution in [0, 0.1) is 11.3 Å². The first-order valence-corrected chi connectivity index (χ1v) is 11.1. The Labute approximate surface area is 157 Å². The van der Waals surface area contributed by atoms with Crippen LogP contribution in [0.3, 0.4) is 0 Å². The van der Waals surface area contributed by atoms with Crippen molar-refractivity contribution in [1.82, 2.24) is 5.32 Å². The molecule has 164 valence electrons. The van der Waals surface area contributed by atoms with Crippen molar-refractivity contribution in [2.24, 2.45) is 5.92 Å². The van der Waals surface area contributed by atoms with Gasteiger partial charge in [-0.3, -0.25) is 4.79 Å². The Morgan fingerprint density at radius 2 is 1.32 bits per heavy atom. The molecule has 1 aliphatic carbocycles. The number of nitrogens with one attached hydrogen (secondary N) is 2. The summed E-state index contributed by atoms with van der Waals surface area (Å²) in [6.07, 6.45) is 0.392. The highest BCUT2D eigenvalue weighted by molar-refractivity contribution is 8.09. The highest BCUT2D eigenvalue weighted by Crippen LogP contribution is 2.42. The monoisotopic (exact) mass is 460 g/mol. The molecule has 1 rings (SSSR count). The van der Waals surface area contributed by atoms with Crippen molar-refractivity contribution in [2.75, 3.05) is 0 Å². The second-order valence-electron chi connectivity index (χ2n) is 6.26. The summed E-state index contributed by atoms with van der Waals surface area (Å²) in [7, 11) is -13.6. The molecule has 1 amide bonds. The normalized spacial score (nSPS) is 23.0. The molecule has 1 aliphatic rings. The SMILES string of the molecule is N=CC(=O)NC1CCCCCCC1C(S(=O)(=O)C(F)(F)F)S(=O)(=O)C(F)(F)F. The summed E-state index contributed by atoms with van der Waals surface area (Å²) < 4.78 is 122. The smallest absolute Gasteiger partial charge is 0.348 e. The average Bonchev–Trinajstić information content (AvgIpc) is 2.50. The average molecular weight is 460 g/mol. The van der Waals surface area contributed by atoms with Crippen molar-refractivity contribution in [2.45, 2.75) is 60.2 Å². The van der Waals surface area contributed by atoms with Gasteiger partial charge in [0.25, 0.3) is 25.6 Å². The van der Waals surface area contributed by atoms with E-state index in [4.69, 9.17) is 5.41 Å². The van der Waals surface area contributed by atoms with Crippen molar-refractivity contribution in [1.29, 1.82) is 5.41 Å². The van der Waals surface area contributed by atoms with E-state index in [0.717, 1.165) is 0 Å². The number of carbonyl (C=O) groups is 1. The lowest BCUT2D eigenvalue weighted by Gasteiger charge is -2.35. The molecule has 28 heavy (non-hydrogen) atoms. The van der Waals surface area contributed by atoms with Crippen LogP contribution >= 0.6 is 0 Å². The topological polar surface area (TPSA) is 121 Å². The van der Waals surface area contributed by atoms with Gasteiger partial charge in [-0.2, -0.15) is 26.3 Å². The summed E-state index contributed by atoms with van der Waals surface area (Å²) in [4.78, 5) is 11.4. The Balaban J connectivity index is 3.66. The third-order valence-corrected chi connectivity index (χ3v) is 9.12. The molecule has 1 fully saturated rings. The van der Waals surface area contributed by atoms with E-state index in [0.29, 0.717) is 12.8 Å². The molecule has 2 atom stereocenters. The van der Waals surface area contributed by atoms with Crippen LogP contribution in [0.1, 0.15) is 38.5 Å². The minimum Gasteiger partial charge on any atom is -0.348 e. The number of sulfone groups is 2. The molecule has 2 unspecified atom stereocenters. The number of alkyl halides is 6. The molecule has 0 aromatic heterocycles. The second-order valence-corrected chi connectivity index (χ2v) is 10.7. The Morgan fingerprint density at radius 3 is 1.71 bits per heavy atom. The molecule has 1 saturated carbocycles. The molecule has 0 heterocycles. The summed E-state index contributed by atoms with van der Waals surface area (Å²) in [5.74, 6) is -3.38. The summed E-state index contributed by atoms with van der Waals surface area (Å²) in [5.41, 5.74) is -12.5. The quantitative estimate of drug-likeness (QED) is 0.482. The third-order valence-electron chi connectivity index (χ3n) is 4.38. The van der Waals surface area contributed by atoms with Crippen molar-refractivity contribution < 1.29 is 48.0 Å². The van der Waals surface area contributed by atoms with Crippen LogP contribution in [0.25, 0.3) is 0 Å². The maximum Gasteiger partial charge on any atom is 0.498 e. The molecule has 0 aliphatic heterocycles. The minimum atomic E-state index is -6.80. The summed E-state index contributed by atoms with van der Waals surface area (Å²) in [6, 6.07) is -1.60. The number of hydrogen-bond acceptors (Lipinski definition) is 6. The summed E-state index contributed by atoms with van der Waals surface area (Å²) in [6.45, 7) is 0. The van der Waals surface area contributed by atoms with Gasteiger partial charge >= 0.3 is 11.0 Å². The van der Waals surface area contributed by atoms with Gasteiger partial charge in [-0.15, -0.1) is 0 Å². The Hall–Kier alpha value is -1.38. The molecule has 0 bridgehead atoms. The lowest BCUT2D eigenvalue weighted by Crippen LogP contribution is -2.55. The van der Waals surface area contributed by atoms with Gasteiger partial charge in [0.1, 0.15) is 0 Å². The maximum absolute atomic E-state index is 13.1. The van der Waals surface area contributed by atoms with Gasteiger partial charge in [0.15, 0.2) is 4.58 Å². The van der Waals surface area contributed by atoms with Crippen LogP contribution in [0.5, 0.6) is 0 Å². The number of hydrogen-bond donors (Lipinski definition) is 2. The fraction of sp³-hybridized carbons (Fsp3) is 0.846. The number of amides is 1. The molecule has 0 aromatic rings. The number of carbonyl (C=O) groups excluding carboxylic acids is 1. The summed E-state index contributed by atoms with van der Waals surface area (Å²) in [5, 5.41) is 8.78. The number of halogens is 6. The molecule has 15 heteroatoms. The van der Waals surface area contributed by atoms with Crippen LogP contribution in [-0.2, 0) is 24.5 Å². The van der Waals surface area contributed by atoms with Crippen LogP contribution in [0.2, 0.25) is 0 Å². The van der Waals surface area contributed by atoms with Gasteiger partial charge in [-0.25, -0.2) is 16.8 Å². The van der Waals surface area contributed by atoms with Crippen molar-refractivity contribution in [3.8, 4) is 0 Å². The van der Waals surface area contributed by atoms with E-state index in [1.165, 1.54) is 0 Å². The molecule has 0 aromatic carbocycles. The van der Waals surface area contributed by atoms with Gasteiger partial charge in [0, 0.05) is 12.0 Å². The molecule has 7 nitrogen and oxygen atoms in total. The van der Waals surface area contributed by atoms with Crippen LogP contribution in [-0.4, -0.2) is 50.6 Å². The highest BCUT2D eigenvalue weighted by atomic mass is 32.3. The van der Waals surface area contributed by atoms with E-state index in [1.807, 2.05) is 5.32 Å². The first-order valence-electron chi connectivity index (χ1n) is 7.98. The van der Waals surface area contributed by atoms with Crippen molar-refractivity contribution in [3.05, 3.63) is 0 Å². The van der Waals surface area contributed by atoms with Crippen molar-refractivity contribution >= 4 is 31.8 Å². The molecular weight excluding hydrogens is 442 g/mol. The van der Waals surface area contributed by atoms with Crippen LogP contribution in [0.15, 0.2) is 0 Å². The van der Waals surface area contributed by atoms with Crippen LogP contribution < -0.4 is 5.32 Å². The number of rotatable bonds is 5. The zero-order valence-corrected chi connectivity index (χ0v) is 15.8. The van der Waals surface area contributed by atoms with E-state index in [9.17, 15) is 48.0 Å². The van der Waals surface area contributed by atoms with E-state index in [2.05, 4.69) is 0 Å². The van der Waals surface area contributed by atoms with E-state index in [-0.39, 0.29) is 25.5 Å². The van der Waals surface area contributed by atoms with E-state index in [1.54, 1.807) is 0 Å². The van der Waals surface area contributed by atoms with Crippen molar-refractivity contribution in [3.63, 3.8) is 0 Å². The lowest BCUT2D eigenvalue weighted by atomic mass is 9.87. The molecule has 2 N–H and O–H groups in total. The van der Waals surface area contributed by atoms with Gasteiger partial charge in [0.2, 0.25) is 0 Å². The van der Waals surface area contributed by atoms with Gasteiger partial charge in [-0.05, 0) is 12.8 Å². The van der Waals surface area contributed by atoms with Gasteiger partial charge < -0.3 is 10.7 Å². The highest BCUT2D eigenvalue weighted by Gasteiger charge is 2.65. The van der Waals surface area contributed by atoms with Gasteiger partial charge in [-0.1, -0.05) is 25.7 Å². The lowest BCUT2D eigenvalue weighted by molar-refractivity contribution is -0.115. The third kappa shape index (κ3) is 5.15. The van der Waals surface area contributed by atoms with Crippen LogP contribution in [0.4, 0.5) is 26.3 Å². The van der Waals surface area contributed by atoms with E-state index < -0.39 is 59.6 Å². The zero-order chi connectivity index (χ0) is 22.0. The maximum atomic E-state index is 13.1.